The number of aromatic nitrogens is 3. The molecule has 0 spiro atoms. The van der Waals surface area contributed by atoms with E-state index in [4.69, 9.17) is 4.74 Å². The monoisotopic (exact) mass is 621 g/mol. The third kappa shape index (κ3) is 8.04. The number of halogens is 2. The lowest BCUT2D eigenvalue weighted by Crippen LogP contribution is -2.51. The van der Waals surface area contributed by atoms with Gasteiger partial charge in [0.25, 0.3) is 5.91 Å². The van der Waals surface area contributed by atoms with E-state index in [2.05, 4.69) is 30.2 Å². The highest BCUT2D eigenvalue weighted by atomic mass is 19.3. The number of nitrogens with one attached hydrogen (secondary N) is 2. The van der Waals surface area contributed by atoms with Crippen LogP contribution in [0.1, 0.15) is 36.7 Å². The normalized spacial score (nSPS) is 14.1. The van der Waals surface area contributed by atoms with Crippen LogP contribution in [0.25, 0.3) is 16.9 Å². The summed E-state index contributed by atoms with van der Waals surface area (Å²) in [5.74, 6) is 0.439. The van der Waals surface area contributed by atoms with Crippen LogP contribution >= 0.6 is 0 Å². The second-order valence-corrected chi connectivity index (χ2v) is 11.7. The fraction of sp³-hybridized carbons (Fsp3) is 0.375. The lowest BCUT2D eigenvalue weighted by atomic mass is 10.1. The Morgan fingerprint density at radius 2 is 1.76 bits per heavy atom. The SMILES string of the molecule is Cc1cc(Nc2nccn3c(-c4ccc(OC(F)F)cc4)cnc23)ccc1C(=O)NCCN1CCN(C(=O)OC(C)(C)C)CC1. The molecule has 1 aliphatic rings. The Balaban J connectivity index is 1.15. The lowest BCUT2D eigenvalue weighted by Gasteiger charge is -2.35. The molecular weight excluding hydrogens is 584 g/mol. The van der Waals surface area contributed by atoms with Crippen LogP contribution in [-0.4, -0.2) is 87.6 Å². The van der Waals surface area contributed by atoms with Crippen LogP contribution < -0.4 is 15.4 Å². The number of benzene rings is 2. The second kappa shape index (κ2) is 13.5. The number of ether oxygens (including phenoxy) is 2. The first-order valence-electron chi connectivity index (χ1n) is 14.7. The number of piperazine rings is 1. The highest BCUT2D eigenvalue weighted by Gasteiger charge is 2.25. The molecule has 11 nitrogen and oxygen atoms in total. The summed E-state index contributed by atoms with van der Waals surface area (Å²) < 4.78 is 36.8. The van der Waals surface area contributed by atoms with E-state index in [0.29, 0.717) is 43.2 Å². The summed E-state index contributed by atoms with van der Waals surface area (Å²) in [4.78, 5) is 38.1. The van der Waals surface area contributed by atoms with Gasteiger partial charge in [-0.15, -0.1) is 0 Å². The van der Waals surface area contributed by atoms with Crippen LogP contribution in [0.4, 0.5) is 25.1 Å². The van der Waals surface area contributed by atoms with E-state index in [1.54, 1.807) is 41.7 Å². The molecule has 2 amide bonds. The molecule has 2 aromatic carbocycles. The van der Waals surface area contributed by atoms with Gasteiger partial charge in [0.05, 0.1) is 11.9 Å². The Bertz CT molecular complexity index is 1650. The van der Waals surface area contributed by atoms with Crippen molar-refractivity contribution in [2.75, 3.05) is 44.6 Å². The van der Waals surface area contributed by atoms with E-state index in [9.17, 15) is 18.4 Å². The molecule has 1 fully saturated rings. The number of hydrogen-bond acceptors (Lipinski definition) is 8. The van der Waals surface area contributed by atoms with Gasteiger partial charge in [-0.1, -0.05) is 0 Å². The largest absolute Gasteiger partial charge is 0.444 e. The molecule has 13 heteroatoms. The van der Waals surface area contributed by atoms with Crippen LogP contribution in [0.3, 0.4) is 0 Å². The summed E-state index contributed by atoms with van der Waals surface area (Å²) in [7, 11) is 0. The molecule has 0 aliphatic carbocycles. The second-order valence-electron chi connectivity index (χ2n) is 11.7. The number of amides is 2. The summed E-state index contributed by atoms with van der Waals surface area (Å²) in [6, 6.07) is 11.8. The van der Waals surface area contributed by atoms with Crippen LogP contribution in [0, 0.1) is 6.92 Å². The molecule has 238 valence electrons. The van der Waals surface area contributed by atoms with Gasteiger partial charge in [0, 0.05) is 68.5 Å². The Labute approximate surface area is 260 Å². The number of carbonyl (C=O) groups excluding carboxylic acids is 2. The maximum Gasteiger partial charge on any atom is 0.410 e. The Morgan fingerprint density at radius 1 is 1.02 bits per heavy atom. The number of aryl methyl sites for hydroxylation is 1. The highest BCUT2D eigenvalue weighted by molar-refractivity contribution is 5.96. The summed E-state index contributed by atoms with van der Waals surface area (Å²) in [5.41, 5.74) is 3.70. The maximum absolute atomic E-state index is 12.9. The van der Waals surface area contributed by atoms with Crippen molar-refractivity contribution in [2.45, 2.75) is 39.9 Å². The minimum atomic E-state index is -2.88. The Hall–Kier alpha value is -4.78. The molecule has 0 atom stereocenters. The lowest BCUT2D eigenvalue weighted by molar-refractivity contribution is -0.0498. The standard InChI is InChI=1S/C32H37F2N7O4/c1-21-19-23(7-10-25(21)29(42)36-11-13-39-15-17-40(18-16-39)31(43)45-32(2,3)4)38-27-28-37-20-26(41(28)14-12-35-27)22-5-8-24(9-6-22)44-30(33)34/h5-10,12,14,19-20,30H,11,13,15-18H2,1-4H3,(H,35,38)(H,36,42). The van der Waals surface area contributed by atoms with Crippen LogP contribution in [0.15, 0.2) is 61.1 Å². The Morgan fingerprint density at radius 3 is 2.42 bits per heavy atom. The number of fused-ring (bicyclic) bond motifs is 1. The molecule has 2 aromatic heterocycles. The van der Waals surface area contributed by atoms with Crippen LogP contribution in [0.2, 0.25) is 0 Å². The number of imidazole rings is 1. The molecule has 3 heterocycles. The zero-order chi connectivity index (χ0) is 32.1. The zero-order valence-corrected chi connectivity index (χ0v) is 25.7. The van der Waals surface area contributed by atoms with E-state index in [0.717, 1.165) is 35.6 Å². The van der Waals surface area contributed by atoms with Crippen molar-refractivity contribution in [2.24, 2.45) is 0 Å². The molecule has 1 aliphatic heterocycles. The molecule has 5 rings (SSSR count). The zero-order valence-electron chi connectivity index (χ0n) is 25.7. The summed E-state index contributed by atoms with van der Waals surface area (Å²) in [6.07, 6.45) is 4.80. The van der Waals surface area contributed by atoms with Crippen LogP contribution in [0.5, 0.6) is 5.75 Å². The van der Waals surface area contributed by atoms with Crippen molar-refractivity contribution in [1.82, 2.24) is 29.5 Å². The summed E-state index contributed by atoms with van der Waals surface area (Å²) >= 11 is 0. The van der Waals surface area contributed by atoms with E-state index in [-0.39, 0.29) is 17.7 Å². The molecule has 4 aromatic rings. The third-order valence-electron chi connectivity index (χ3n) is 7.27. The van der Waals surface area contributed by atoms with Gasteiger partial charge in [-0.25, -0.2) is 14.8 Å². The number of anilines is 2. The first-order valence-corrected chi connectivity index (χ1v) is 14.7. The van der Waals surface area contributed by atoms with Gasteiger partial charge in [-0.05, 0) is 75.7 Å². The number of nitrogens with zero attached hydrogens (tertiary/aromatic N) is 5. The Kier molecular flexibility index (Phi) is 9.47. The van der Waals surface area contributed by atoms with Crippen molar-refractivity contribution < 1.29 is 27.8 Å². The van der Waals surface area contributed by atoms with E-state index >= 15 is 0 Å². The minimum absolute atomic E-state index is 0.0780. The molecular formula is C32H37F2N7O4. The molecule has 2 N–H and O–H groups in total. The molecule has 0 radical (unpaired) electrons. The average Bonchev–Trinajstić information content (AvgIpc) is 3.42. The molecule has 45 heavy (non-hydrogen) atoms. The number of rotatable bonds is 9. The quantitative estimate of drug-likeness (QED) is 0.258. The number of alkyl halides is 2. The summed E-state index contributed by atoms with van der Waals surface area (Å²) in [5, 5.41) is 6.29. The molecule has 1 saturated heterocycles. The molecule has 0 unspecified atom stereocenters. The first kappa shape index (κ1) is 31.6. The van der Waals surface area contributed by atoms with Crippen molar-refractivity contribution in [3.05, 3.63) is 72.2 Å². The predicted molar refractivity (Wildman–Crippen MR) is 166 cm³/mol. The molecule has 0 bridgehead atoms. The first-order chi connectivity index (χ1) is 21.5. The van der Waals surface area contributed by atoms with Gasteiger partial charge in [-0.3, -0.25) is 14.1 Å². The van der Waals surface area contributed by atoms with E-state index < -0.39 is 12.2 Å². The van der Waals surface area contributed by atoms with Crippen molar-refractivity contribution in [1.29, 1.82) is 0 Å². The minimum Gasteiger partial charge on any atom is -0.444 e. The fourth-order valence-corrected chi connectivity index (χ4v) is 5.06. The van der Waals surface area contributed by atoms with Crippen molar-refractivity contribution >= 4 is 29.2 Å². The fourth-order valence-electron chi connectivity index (χ4n) is 5.06. The van der Waals surface area contributed by atoms with Crippen LogP contribution in [-0.2, 0) is 4.74 Å². The third-order valence-corrected chi connectivity index (χ3v) is 7.27. The van der Waals surface area contributed by atoms with Crippen molar-refractivity contribution in [3.8, 4) is 17.0 Å². The predicted octanol–water partition coefficient (Wildman–Crippen LogP) is 5.33. The number of carbonyl (C=O) groups is 2. The summed E-state index contributed by atoms with van der Waals surface area (Å²) in [6.45, 7) is 8.34. The van der Waals surface area contributed by atoms with Gasteiger partial charge in [0.1, 0.15) is 11.4 Å². The van der Waals surface area contributed by atoms with E-state index in [1.807, 2.05) is 44.2 Å². The molecule has 0 saturated carbocycles. The van der Waals surface area contributed by atoms with Gasteiger partial charge >= 0.3 is 12.7 Å². The van der Waals surface area contributed by atoms with Gasteiger partial charge in [0.15, 0.2) is 11.5 Å². The van der Waals surface area contributed by atoms with Gasteiger partial charge < -0.3 is 25.0 Å². The topological polar surface area (TPSA) is 113 Å². The van der Waals surface area contributed by atoms with Gasteiger partial charge in [0.2, 0.25) is 0 Å². The van der Waals surface area contributed by atoms with E-state index in [1.165, 1.54) is 12.1 Å². The van der Waals surface area contributed by atoms with Crippen molar-refractivity contribution in [3.63, 3.8) is 0 Å². The number of hydrogen-bond donors (Lipinski definition) is 2. The average molecular weight is 622 g/mol. The maximum atomic E-state index is 12.9. The van der Waals surface area contributed by atoms with Gasteiger partial charge in [-0.2, -0.15) is 8.78 Å². The highest BCUT2D eigenvalue weighted by Crippen LogP contribution is 2.27. The smallest absolute Gasteiger partial charge is 0.410 e.